The van der Waals surface area contributed by atoms with E-state index in [4.69, 9.17) is 0 Å². The number of hydrogen-bond acceptors (Lipinski definition) is 3. The molecular weight excluding hydrogens is 448 g/mol. The number of benzene rings is 2. The van der Waals surface area contributed by atoms with E-state index in [0.717, 1.165) is 57.3 Å². The first-order valence-electron chi connectivity index (χ1n) is 13.7. The van der Waals surface area contributed by atoms with E-state index in [9.17, 15) is 9.59 Å². The monoisotopic (exact) mass is 490 g/mol. The first-order valence-corrected chi connectivity index (χ1v) is 13.7. The summed E-state index contributed by atoms with van der Waals surface area (Å²) >= 11 is 0. The lowest BCUT2D eigenvalue weighted by Crippen LogP contribution is -2.52. The second-order valence-electron chi connectivity index (χ2n) is 10.4. The van der Waals surface area contributed by atoms with Crippen molar-refractivity contribution in [1.82, 2.24) is 15.1 Å². The maximum absolute atomic E-state index is 13.3. The predicted octanol–water partition coefficient (Wildman–Crippen LogP) is 5.47. The number of nitrogens with one attached hydrogen (secondary N) is 1. The van der Waals surface area contributed by atoms with Crippen molar-refractivity contribution in [3.8, 4) is 0 Å². The molecule has 1 heterocycles. The average Bonchev–Trinajstić information content (AvgIpc) is 2.88. The van der Waals surface area contributed by atoms with Crippen LogP contribution in [0.1, 0.15) is 64.0 Å². The minimum absolute atomic E-state index is 0.0280. The highest BCUT2D eigenvalue weighted by Gasteiger charge is 2.32. The Balaban J connectivity index is 1.34. The number of piperidine rings is 1. The van der Waals surface area contributed by atoms with Crippen LogP contribution >= 0.6 is 0 Å². The zero-order valence-electron chi connectivity index (χ0n) is 22.1. The van der Waals surface area contributed by atoms with Gasteiger partial charge in [-0.05, 0) is 63.6 Å². The number of nitrogens with zero attached hydrogens (tertiary/aromatic N) is 3. The molecule has 0 bridgehead atoms. The molecule has 36 heavy (non-hydrogen) atoms. The van der Waals surface area contributed by atoms with Crippen LogP contribution in [0.25, 0.3) is 0 Å². The molecule has 2 aliphatic rings. The summed E-state index contributed by atoms with van der Waals surface area (Å²) < 4.78 is 0. The standard InChI is InChI=1S/C30H42N4O2/c1-4-34(30(36)32(3)26-16-9-6-10-17-26)27-18-20-33(21-19-27)23(2)22-28(24-12-7-5-8-13-24)31-29(35)25-14-11-15-25/h5-10,12-13,16-17,23,25,27-28H,4,11,14-15,18-22H2,1-3H3,(H,31,35)/t23?,28-/m0/s1. The fraction of sp³-hybridized carbons (Fsp3) is 0.533. The molecule has 4 rings (SSSR count). The van der Waals surface area contributed by atoms with Crippen molar-refractivity contribution in [3.05, 3.63) is 66.2 Å². The van der Waals surface area contributed by atoms with Crippen molar-refractivity contribution in [2.75, 3.05) is 31.6 Å². The second-order valence-corrected chi connectivity index (χ2v) is 10.4. The molecule has 0 radical (unpaired) electrons. The average molecular weight is 491 g/mol. The van der Waals surface area contributed by atoms with Crippen LogP contribution in [0.5, 0.6) is 0 Å². The summed E-state index contributed by atoms with van der Waals surface area (Å²) in [5.41, 5.74) is 2.10. The van der Waals surface area contributed by atoms with E-state index in [1.807, 2.05) is 48.3 Å². The quantitative estimate of drug-likeness (QED) is 0.507. The van der Waals surface area contributed by atoms with E-state index in [1.165, 1.54) is 5.56 Å². The zero-order valence-corrected chi connectivity index (χ0v) is 22.1. The van der Waals surface area contributed by atoms with Gasteiger partial charge in [-0.15, -0.1) is 0 Å². The molecule has 0 spiro atoms. The Hall–Kier alpha value is -2.86. The Kier molecular flexibility index (Phi) is 9.03. The first-order chi connectivity index (χ1) is 17.5. The van der Waals surface area contributed by atoms with Gasteiger partial charge in [0.2, 0.25) is 5.91 Å². The topological polar surface area (TPSA) is 55.9 Å². The number of amides is 3. The molecule has 2 atom stereocenters. The van der Waals surface area contributed by atoms with Crippen molar-refractivity contribution in [2.24, 2.45) is 5.92 Å². The molecule has 1 saturated carbocycles. The summed E-state index contributed by atoms with van der Waals surface area (Å²) in [5, 5.41) is 3.36. The Morgan fingerprint density at radius 3 is 2.14 bits per heavy atom. The highest BCUT2D eigenvalue weighted by atomic mass is 16.2. The highest BCUT2D eigenvalue weighted by Crippen LogP contribution is 2.29. The molecular formula is C30H42N4O2. The number of likely N-dealkylation sites (tertiary alicyclic amines) is 1. The van der Waals surface area contributed by atoms with Crippen LogP contribution in [0.2, 0.25) is 0 Å². The molecule has 6 nitrogen and oxygen atoms in total. The first kappa shape index (κ1) is 26.2. The van der Waals surface area contributed by atoms with Gasteiger partial charge in [-0.1, -0.05) is 55.0 Å². The van der Waals surface area contributed by atoms with Crippen LogP contribution in [0.3, 0.4) is 0 Å². The smallest absolute Gasteiger partial charge is 0.324 e. The Bertz CT molecular complexity index is 971. The van der Waals surface area contributed by atoms with E-state index < -0.39 is 0 Å². The lowest BCUT2D eigenvalue weighted by molar-refractivity contribution is -0.128. The lowest BCUT2D eigenvalue weighted by atomic mass is 9.84. The van der Waals surface area contributed by atoms with E-state index in [1.54, 1.807) is 4.90 Å². The maximum Gasteiger partial charge on any atom is 0.324 e. The van der Waals surface area contributed by atoms with Crippen LogP contribution in [0.4, 0.5) is 10.5 Å². The summed E-state index contributed by atoms with van der Waals surface area (Å²) in [4.78, 5) is 32.4. The lowest BCUT2D eigenvalue weighted by Gasteiger charge is -2.42. The number of hydrogen-bond donors (Lipinski definition) is 1. The largest absolute Gasteiger partial charge is 0.349 e. The number of carbonyl (C=O) groups excluding carboxylic acids is 2. The van der Waals surface area contributed by atoms with Crippen LogP contribution in [-0.2, 0) is 4.79 Å². The van der Waals surface area contributed by atoms with E-state index in [-0.39, 0.29) is 29.9 Å². The molecule has 2 fully saturated rings. The second kappa shape index (κ2) is 12.4. The molecule has 1 N–H and O–H groups in total. The maximum atomic E-state index is 13.3. The molecule has 2 aromatic rings. The van der Waals surface area contributed by atoms with Crippen molar-refractivity contribution >= 4 is 17.6 Å². The van der Waals surface area contributed by atoms with E-state index in [0.29, 0.717) is 12.6 Å². The van der Waals surface area contributed by atoms with Crippen LogP contribution in [0, 0.1) is 5.92 Å². The molecule has 1 unspecified atom stereocenters. The molecule has 1 aliphatic heterocycles. The summed E-state index contributed by atoms with van der Waals surface area (Å²) in [6.45, 7) is 6.98. The third-order valence-corrected chi connectivity index (χ3v) is 8.15. The third-order valence-electron chi connectivity index (χ3n) is 8.15. The van der Waals surface area contributed by atoms with Crippen LogP contribution in [0.15, 0.2) is 60.7 Å². The molecule has 1 saturated heterocycles. The predicted molar refractivity (Wildman–Crippen MR) is 146 cm³/mol. The van der Waals surface area contributed by atoms with Gasteiger partial charge in [0.05, 0.1) is 6.04 Å². The van der Waals surface area contributed by atoms with Crippen LogP contribution < -0.4 is 10.2 Å². The number of para-hydroxylation sites is 1. The zero-order chi connectivity index (χ0) is 25.5. The normalized spacial score (nSPS) is 18.6. The van der Waals surface area contributed by atoms with E-state index in [2.05, 4.69) is 48.3 Å². The van der Waals surface area contributed by atoms with Gasteiger partial charge >= 0.3 is 6.03 Å². The fourth-order valence-electron chi connectivity index (χ4n) is 5.56. The molecule has 194 valence electrons. The summed E-state index contributed by atoms with van der Waals surface area (Å²) in [6.07, 6.45) is 6.02. The fourth-order valence-corrected chi connectivity index (χ4v) is 5.56. The Labute approximate surface area is 216 Å². The van der Waals surface area contributed by atoms with Gasteiger partial charge in [-0.2, -0.15) is 0 Å². The van der Waals surface area contributed by atoms with E-state index >= 15 is 0 Å². The van der Waals surface area contributed by atoms with Gasteiger partial charge in [0.25, 0.3) is 0 Å². The van der Waals surface area contributed by atoms with Gasteiger partial charge in [0, 0.05) is 50.4 Å². The van der Waals surface area contributed by atoms with Gasteiger partial charge in [0.15, 0.2) is 0 Å². The SMILES string of the molecule is CCN(C(=O)N(C)c1ccccc1)C1CCN(C(C)C[C@H](NC(=O)C2CCC2)c2ccccc2)CC1. The van der Waals surface area contributed by atoms with Crippen molar-refractivity contribution in [2.45, 2.75) is 70.5 Å². The summed E-state index contributed by atoms with van der Waals surface area (Å²) in [6, 6.07) is 20.9. The van der Waals surface area contributed by atoms with Gasteiger partial charge in [0.1, 0.15) is 0 Å². The third kappa shape index (κ3) is 6.28. The number of urea groups is 1. The van der Waals surface area contributed by atoms with Crippen LogP contribution in [-0.4, -0.2) is 60.5 Å². The summed E-state index contributed by atoms with van der Waals surface area (Å²) in [7, 11) is 1.86. The molecule has 3 amide bonds. The number of carbonyl (C=O) groups is 2. The highest BCUT2D eigenvalue weighted by molar-refractivity contribution is 5.91. The van der Waals surface area contributed by atoms with Gasteiger partial charge in [-0.3, -0.25) is 9.69 Å². The minimum atomic E-state index is 0.0280. The van der Waals surface area contributed by atoms with Crippen molar-refractivity contribution in [1.29, 1.82) is 0 Å². The molecule has 0 aromatic heterocycles. The van der Waals surface area contributed by atoms with Gasteiger partial charge < -0.3 is 15.1 Å². The molecule has 6 heteroatoms. The number of anilines is 1. The molecule has 2 aromatic carbocycles. The van der Waals surface area contributed by atoms with Crippen molar-refractivity contribution < 1.29 is 9.59 Å². The van der Waals surface area contributed by atoms with Crippen molar-refractivity contribution in [3.63, 3.8) is 0 Å². The molecule has 1 aliphatic carbocycles. The minimum Gasteiger partial charge on any atom is -0.349 e. The Morgan fingerprint density at radius 2 is 1.58 bits per heavy atom. The van der Waals surface area contributed by atoms with Gasteiger partial charge in [-0.25, -0.2) is 4.79 Å². The number of rotatable bonds is 9. The summed E-state index contributed by atoms with van der Waals surface area (Å²) in [5.74, 6) is 0.398. The Morgan fingerprint density at radius 1 is 0.972 bits per heavy atom.